The van der Waals surface area contributed by atoms with Crippen molar-refractivity contribution in [2.45, 2.75) is 33.1 Å². The molecule has 0 radical (unpaired) electrons. The highest BCUT2D eigenvalue weighted by Crippen LogP contribution is 2.24. The van der Waals surface area contributed by atoms with Crippen LogP contribution in [0, 0.1) is 12.8 Å². The van der Waals surface area contributed by atoms with Crippen LogP contribution in [0.3, 0.4) is 0 Å². The second-order valence-corrected chi connectivity index (χ2v) is 6.82. The molecule has 2 aromatic rings. The SMILES string of the molecule is Cc1cc(O)cc2oc(=O)c(C(=O)CCN3CCC(C)CC3)cc12.Cl. The van der Waals surface area contributed by atoms with E-state index >= 15 is 0 Å². The fourth-order valence-electron chi connectivity index (χ4n) is 3.25. The molecule has 2 heterocycles. The monoisotopic (exact) mass is 365 g/mol. The van der Waals surface area contributed by atoms with Gasteiger partial charge in [0.2, 0.25) is 0 Å². The quantitative estimate of drug-likeness (QED) is 0.663. The Morgan fingerprint density at radius 1 is 1.28 bits per heavy atom. The van der Waals surface area contributed by atoms with E-state index < -0.39 is 5.63 Å². The van der Waals surface area contributed by atoms with Gasteiger partial charge in [0.15, 0.2) is 5.78 Å². The van der Waals surface area contributed by atoms with Crippen molar-refractivity contribution in [2.75, 3.05) is 19.6 Å². The van der Waals surface area contributed by atoms with Crippen molar-refractivity contribution >= 4 is 29.2 Å². The Kier molecular flexibility index (Phi) is 6.25. The minimum absolute atomic E-state index is 0. The number of benzene rings is 1. The van der Waals surface area contributed by atoms with Gasteiger partial charge in [0.1, 0.15) is 16.9 Å². The Bertz CT molecular complexity index is 822. The van der Waals surface area contributed by atoms with Crippen LogP contribution in [-0.4, -0.2) is 35.4 Å². The molecule has 1 aliphatic heterocycles. The summed E-state index contributed by atoms with van der Waals surface area (Å²) in [6.07, 6.45) is 2.64. The average molecular weight is 366 g/mol. The molecule has 6 heteroatoms. The number of ketones is 1. The molecule has 0 saturated carbocycles. The fraction of sp³-hybridized carbons (Fsp3) is 0.474. The fourth-order valence-corrected chi connectivity index (χ4v) is 3.25. The van der Waals surface area contributed by atoms with Gasteiger partial charge in [-0.25, -0.2) is 4.79 Å². The van der Waals surface area contributed by atoms with Crippen LogP contribution in [0.4, 0.5) is 0 Å². The first kappa shape index (κ1) is 19.5. The molecule has 0 atom stereocenters. The normalized spacial score (nSPS) is 15.9. The maximum Gasteiger partial charge on any atom is 0.347 e. The van der Waals surface area contributed by atoms with Crippen molar-refractivity contribution < 1.29 is 14.3 Å². The van der Waals surface area contributed by atoms with Gasteiger partial charge in [-0.1, -0.05) is 6.92 Å². The third-order valence-corrected chi connectivity index (χ3v) is 4.88. The van der Waals surface area contributed by atoms with Crippen LogP contribution >= 0.6 is 12.4 Å². The van der Waals surface area contributed by atoms with E-state index in [2.05, 4.69) is 11.8 Å². The predicted molar refractivity (Wildman–Crippen MR) is 99.9 cm³/mol. The first-order valence-corrected chi connectivity index (χ1v) is 8.47. The molecule has 1 aromatic carbocycles. The number of carbonyl (C=O) groups is 1. The molecule has 0 aliphatic carbocycles. The summed E-state index contributed by atoms with van der Waals surface area (Å²) in [7, 11) is 0. The Morgan fingerprint density at radius 3 is 2.64 bits per heavy atom. The van der Waals surface area contributed by atoms with Crippen molar-refractivity contribution in [3.63, 3.8) is 0 Å². The highest BCUT2D eigenvalue weighted by Gasteiger charge is 2.19. The topological polar surface area (TPSA) is 70.8 Å². The number of fused-ring (bicyclic) bond motifs is 1. The zero-order valence-corrected chi connectivity index (χ0v) is 15.4. The van der Waals surface area contributed by atoms with Gasteiger partial charge in [0, 0.05) is 24.4 Å². The van der Waals surface area contributed by atoms with E-state index in [1.165, 1.54) is 6.07 Å². The van der Waals surface area contributed by atoms with Gasteiger partial charge in [0.05, 0.1) is 0 Å². The summed E-state index contributed by atoms with van der Waals surface area (Å²) in [6, 6.07) is 4.58. The van der Waals surface area contributed by atoms with Crippen LogP contribution in [-0.2, 0) is 0 Å². The lowest BCUT2D eigenvalue weighted by molar-refractivity contribution is 0.0949. The van der Waals surface area contributed by atoms with Crippen LogP contribution in [0.2, 0.25) is 0 Å². The summed E-state index contributed by atoms with van der Waals surface area (Å²) in [6.45, 7) is 6.77. The number of hydrogen-bond acceptors (Lipinski definition) is 5. The van der Waals surface area contributed by atoms with E-state index in [0.717, 1.165) is 37.4 Å². The number of aromatic hydroxyl groups is 1. The Morgan fingerprint density at radius 2 is 1.96 bits per heavy atom. The van der Waals surface area contributed by atoms with Crippen molar-refractivity contribution in [3.05, 3.63) is 39.7 Å². The molecule has 1 aromatic heterocycles. The number of carbonyl (C=O) groups excluding carboxylic acids is 1. The lowest BCUT2D eigenvalue weighted by Gasteiger charge is -2.29. The molecule has 0 spiro atoms. The number of aryl methyl sites for hydroxylation is 1. The number of rotatable bonds is 4. The van der Waals surface area contributed by atoms with E-state index in [1.54, 1.807) is 12.1 Å². The summed E-state index contributed by atoms with van der Waals surface area (Å²) in [4.78, 5) is 26.8. The number of Topliss-reactive ketones (excluding diaryl/α,β-unsaturated/α-hetero) is 1. The van der Waals surface area contributed by atoms with E-state index in [9.17, 15) is 14.7 Å². The molecule has 0 amide bonds. The molecule has 25 heavy (non-hydrogen) atoms. The maximum absolute atomic E-state index is 12.5. The summed E-state index contributed by atoms with van der Waals surface area (Å²) >= 11 is 0. The number of phenolic OH excluding ortho intramolecular Hbond substituents is 1. The number of phenols is 1. The maximum atomic E-state index is 12.5. The molecule has 1 N–H and O–H groups in total. The molecule has 1 saturated heterocycles. The van der Waals surface area contributed by atoms with Crippen molar-refractivity contribution in [3.8, 4) is 5.75 Å². The highest BCUT2D eigenvalue weighted by atomic mass is 35.5. The zero-order chi connectivity index (χ0) is 17.3. The first-order valence-electron chi connectivity index (χ1n) is 8.47. The zero-order valence-electron chi connectivity index (χ0n) is 14.6. The summed E-state index contributed by atoms with van der Waals surface area (Å²) in [5.41, 5.74) is 0.540. The molecule has 136 valence electrons. The van der Waals surface area contributed by atoms with Gasteiger partial charge >= 0.3 is 5.63 Å². The van der Waals surface area contributed by atoms with Gasteiger partial charge < -0.3 is 14.4 Å². The van der Waals surface area contributed by atoms with Crippen molar-refractivity contribution in [2.24, 2.45) is 5.92 Å². The van der Waals surface area contributed by atoms with Crippen LogP contribution in [0.1, 0.15) is 42.1 Å². The molecular weight excluding hydrogens is 342 g/mol. The Balaban J connectivity index is 0.00000225. The Labute approximate surface area is 153 Å². The molecule has 1 aliphatic rings. The molecule has 3 rings (SSSR count). The van der Waals surface area contributed by atoms with Gasteiger partial charge in [-0.3, -0.25) is 4.79 Å². The van der Waals surface area contributed by atoms with Crippen LogP contribution in [0.25, 0.3) is 11.0 Å². The number of likely N-dealkylation sites (tertiary alicyclic amines) is 1. The smallest absolute Gasteiger partial charge is 0.347 e. The second-order valence-electron chi connectivity index (χ2n) is 6.82. The van der Waals surface area contributed by atoms with E-state index in [-0.39, 0.29) is 29.5 Å². The molecule has 0 bridgehead atoms. The number of piperidine rings is 1. The van der Waals surface area contributed by atoms with Gasteiger partial charge in [-0.05, 0) is 56.5 Å². The largest absolute Gasteiger partial charge is 0.508 e. The third kappa shape index (κ3) is 4.41. The van der Waals surface area contributed by atoms with Crippen LogP contribution in [0.5, 0.6) is 5.75 Å². The van der Waals surface area contributed by atoms with E-state index in [0.29, 0.717) is 23.9 Å². The average Bonchev–Trinajstić information content (AvgIpc) is 2.53. The lowest BCUT2D eigenvalue weighted by atomic mass is 9.99. The van der Waals surface area contributed by atoms with Gasteiger partial charge in [0.25, 0.3) is 0 Å². The van der Waals surface area contributed by atoms with E-state index in [1.807, 2.05) is 6.92 Å². The highest BCUT2D eigenvalue weighted by molar-refractivity contribution is 5.98. The molecular formula is C19H24ClNO4. The number of nitrogens with zero attached hydrogens (tertiary/aromatic N) is 1. The number of hydrogen-bond donors (Lipinski definition) is 1. The lowest BCUT2D eigenvalue weighted by Crippen LogP contribution is -2.34. The predicted octanol–water partition coefficient (Wildman–Crippen LogP) is 3.53. The van der Waals surface area contributed by atoms with Crippen molar-refractivity contribution in [1.29, 1.82) is 0 Å². The third-order valence-electron chi connectivity index (χ3n) is 4.88. The summed E-state index contributed by atoms with van der Waals surface area (Å²) in [5, 5.41) is 10.3. The Hall–Kier alpha value is -1.85. The standard InChI is InChI=1S/C19H23NO4.ClH/c1-12-3-6-20(7-4-12)8-5-17(22)16-11-15-13(2)9-14(21)10-18(15)24-19(16)23;/h9-12,21H,3-8H2,1-2H3;1H. The minimum atomic E-state index is -0.634. The first-order chi connectivity index (χ1) is 11.4. The van der Waals surface area contributed by atoms with E-state index in [4.69, 9.17) is 4.42 Å². The molecule has 5 nitrogen and oxygen atoms in total. The molecule has 1 fully saturated rings. The summed E-state index contributed by atoms with van der Waals surface area (Å²) < 4.78 is 5.23. The summed E-state index contributed by atoms with van der Waals surface area (Å²) in [5.74, 6) is 0.613. The van der Waals surface area contributed by atoms with Crippen LogP contribution in [0.15, 0.2) is 27.4 Å². The second kappa shape index (κ2) is 8.02. The number of halogens is 1. The van der Waals surface area contributed by atoms with Gasteiger partial charge in [-0.15, -0.1) is 12.4 Å². The van der Waals surface area contributed by atoms with Crippen LogP contribution < -0.4 is 5.63 Å². The minimum Gasteiger partial charge on any atom is -0.508 e. The molecule has 0 unspecified atom stereocenters. The van der Waals surface area contributed by atoms with Gasteiger partial charge in [-0.2, -0.15) is 0 Å². The van der Waals surface area contributed by atoms with Crippen molar-refractivity contribution in [1.82, 2.24) is 4.90 Å².